The number of benzene rings is 3. The number of hydrogen-bond donors (Lipinski definition) is 2. The molecule has 0 aliphatic carbocycles. The van der Waals surface area contributed by atoms with Gasteiger partial charge in [-0.05, 0) is 79.2 Å². The molecule has 0 unspecified atom stereocenters. The molecular weight excluding hydrogens is 430 g/mol. The highest BCUT2D eigenvalue weighted by molar-refractivity contribution is 7.92. The molecule has 0 aliphatic rings. The zero-order valence-electron chi connectivity index (χ0n) is 17.8. The molecule has 2 N–H and O–H groups in total. The largest absolute Gasteiger partial charge is 0.497 e. The van der Waals surface area contributed by atoms with E-state index in [0.717, 1.165) is 5.56 Å². The van der Waals surface area contributed by atoms with E-state index >= 15 is 0 Å². The molecule has 0 spiro atoms. The molecule has 0 atom stereocenters. The molecule has 166 valence electrons. The highest BCUT2D eigenvalue weighted by atomic mass is 32.2. The van der Waals surface area contributed by atoms with Gasteiger partial charge in [0.05, 0.1) is 24.8 Å². The fourth-order valence-electron chi connectivity index (χ4n) is 2.77. The molecule has 0 fully saturated rings. The SMILES string of the molecule is COc1ccc(NS(=O)(=O)c2cccc(C(=O)N/N=C(/C)c3ccc(OC)cc3)c2)cc1. The zero-order chi connectivity index (χ0) is 23.1. The van der Waals surface area contributed by atoms with Crippen LogP contribution in [0.2, 0.25) is 0 Å². The molecule has 0 bridgehead atoms. The van der Waals surface area contributed by atoms with Gasteiger partial charge < -0.3 is 9.47 Å². The standard InChI is InChI=1S/C23H23N3O5S/c1-16(17-7-11-20(30-2)12-8-17)24-25-23(27)18-5-4-6-22(15-18)32(28,29)26-19-9-13-21(31-3)14-10-19/h4-15,26H,1-3H3,(H,25,27)/b24-16-. The molecule has 3 aromatic rings. The molecular formula is C23H23N3O5S. The van der Waals surface area contributed by atoms with Crippen LogP contribution in [0.3, 0.4) is 0 Å². The third-order valence-electron chi connectivity index (χ3n) is 4.58. The van der Waals surface area contributed by atoms with Gasteiger partial charge in [0.2, 0.25) is 0 Å². The Morgan fingerprint density at radius 1 is 0.844 bits per heavy atom. The van der Waals surface area contributed by atoms with E-state index in [9.17, 15) is 13.2 Å². The van der Waals surface area contributed by atoms with Crippen LogP contribution in [0, 0.1) is 0 Å². The number of methoxy groups -OCH3 is 2. The Balaban J connectivity index is 1.72. The predicted octanol–water partition coefficient (Wildman–Crippen LogP) is 3.66. The Morgan fingerprint density at radius 3 is 2.03 bits per heavy atom. The first-order chi connectivity index (χ1) is 15.3. The maximum atomic E-state index is 12.7. The van der Waals surface area contributed by atoms with Gasteiger partial charge in [0.15, 0.2) is 0 Å². The van der Waals surface area contributed by atoms with E-state index < -0.39 is 15.9 Å². The summed E-state index contributed by atoms with van der Waals surface area (Å²) in [5, 5.41) is 4.10. The van der Waals surface area contributed by atoms with Crippen LogP contribution in [-0.2, 0) is 10.0 Å². The summed E-state index contributed by atoms with van der Waals surface area (Å²) < 4.78 is 38.1. The van der Waals surface area contributed by atoms with Crippen LogP contribution in [-0.4, -0.2) is 34.3 Å². The molecule has 0 heterocycles. The van der Waals surface area contributed by atoms with Crippen molar-refractivity contribution >= 4 is 27.3 Å². The van der Waals surface area contributed by atoms with Gasteiger partial charge in [-0.2, -0.15) is 5.10 Å². The summed E-state index contributed by atoms with van der Waals surface area (Å²) in [5.41, 5.74) is 4.39. The first-order valence-electron chi connectivity index (χ1n) is 9.58. The van der Waals surface area contributed by atoms with Gasteiger partial charge in [-0.3, -0.25) is 9.52 Å². The van der Waals surface area contributed by atoms with E-state index in [0.29, 0.717) is 22.9 Å². The van der Waals surface area contributed by atoms with Crippen LogP contribution >= 0.6 is 0 Å². The number of hydrazone groups is 1. The van der Waals surface area contributed by atoms with E-state index in [1.165, 1.54) is 31.4 Å². The molecule has 0 saturated carbocycles. The van der Waals surface area contributed by atoms with Gasteiger partial charge in [-0.15, -0.1) is 0 Å². The summed E-state index contributed by atoms with van der Waals surface area (Å²) in [7, 11) is -0.782. The van der Waals surface area contributed by atoms with Gasteiger partial charge >= 0.3 is 0 Å². The number of amides is 1. The van der Waals surface area contributed by atoms with Crippen LogP contribution in [0.25, 0.3) is 0 Å². The number of rotatable bonds is 8. The van der Waals surface area contributed by atoms with Gasteiger partial charge in [-0.25, -0.2) is 13.8 Å². The van der Waals surface area contributed by atoms with Crippen molar-refractivity contribution in [3.63, 3.8) is 0 Å². The third-order valence-corrected chi connectivity index (χ3v) is 5.96. The van der Waals surface area contributed by atoms with Crippen molar-refractivity contribution in [2.75, 3.05) is 18.9 Å². The van der Waals surface area contributed by atoms with E-state index in [4.69, 9.17) is 9.47 Å². The Labute approximate surface area is 186 Å². The summed E-state index contributed by atoms with van der Waals surface area (Å²) in [6.07, 6.45) is 0. The van der Waals surface area contributed by atoms with Crippen molar-refractivity contribution in [2.24, 2.45) is 5.10 Å². The Kier molecular flexibility index (Phi) is 7.11. The number of nitrogens with zero attached hydrogens (tertiary/aromatic N) is 1. The van der Waals surface area contributed by atoms with Crippen LogP contribution < -0.4 is 19.6 Å². The Morgan fingerprint density at radius 2 is 1.44 bits per heavy atom. The van der Waals surface area contributed by atoms with Crippen molar-refractivity contribution in [2.45, 2.75) is 11.8 Å². The Bertz CT molecular complexity index is 1220. The molecule has 0 radical (unpaired) electrons. The van der Waals surface area contributed by atoms with Crippen LogP contribution in [0.4, 0.5) is 5.69 Å². The highest BCUT2D eigenvalue weighted by Crippen LogP contribution is 2.20. The lowest BCUT2D eigenvalue weighted by Crippen LogP contribution is -2.20. The normalized spacial score (nSPS) is 11.5. The highest BCUT2D eigenvalue weighted by Gasteiger charge is 2.16. The lowest BCUT2D eigenvalue weighted by atomic mass is 10.1. The lowest BCUT2D eigenvalue weighted by Gasteiger charge is -2.10. The maximum absolute atomic E-state index is 12.7. The molecule has 1 amide bonds. The third kappa shape index (κ3) is 5.64. The molecule has 0 aromatic heterocycles. The number of sulfonamides is 1. The molecule has 0 saturated heterocycles. The summed E-state index contributed by atoms with van der Waals surface area (Å²) in [4.78, 5) is 12.5. The number of nitrogens with one attached hydrogen (secondary N) is 2. The smallest absolute Gasteiger partial charge is 0.271 e. The number of anilines is 1. The average Bonchev–Trinajstić information content (AvgIpc) is 2.82. The van der Waals surface area contributed by atoms with Crippen LogP contribution in [0.1, 0.15) is 22.8 Å². The Hall–Kier alpha value is -3.85. The molecule has 3 aromatic carbocycles. The predicted molar refractivity (Wildman–Crippen MR) is 123 cm³/mol. The van der Waals surface area contributed by atoms with Gasteiger partial charge in [0.25, 0.3) is 15.9 Å². The molecule has 32 heavy (non-hydrogen) atoms. The fraction of sp³-hybridized carbons (Fsp3) is 0.130. The fourth-order valence-corrected chi connectivity index (χ4v) is 3.88. The molecule has 9 heteroatoms. The summed E-state index contributed by atoms with van der Waals surface area (Å²) in [6.45, 7) is 1.75. The first kappa shape index (κ1) is 22.8. The van der Waals surface area contributed by atoms with Crippen molar-refractivity contribution in [3.05, 3.63) is 83.9 Å². The van der Waals surface area contributed by atoms with Gasteiger partial charge in [-0.1, -0.05) is 6.07 Å². The van der Waals surface area contributed by atoms with E-state index in [2.05, 4.69) is 15.2 Å². The van der Waals surface area contributed by atoms with E-state index in [1.54, 1.807) is 50.4 Å². The second-order valence-electron chi connectivity index (χ2n) is 6.73. The summed E-state index contributed by atoms with van der Waals surface area (Å²) in [6, 6.07) is 19.4. The molecule has 3 rings (SSSR count). The minimum atomic E-state index is -3.89. The molecule has 0 aliphatic heterocycles. The zero-order valence-corrected chi connectivity index (χ0v) is 18.6. The van der Waals surface area contributed by atoms with Crippen molar-refractivity contribution in [3.8, 4) is 11.5 Å². The number of ether oxygens (including phenoxy) is 2. The topological polar surface area (TPSA) is 106 Å². The van der Waals surface area contributed by atoms with Crippen LogP contribution in [0.5, 0.6) is 11.5 Å². The maximum Gasteiger partial charge on any atom is 0.271 e. The van der Waals surface area contributed by atoms with Crippen molar-refractivity contribution < 1.29 is 22.7 Å². The van der Waals surface area contributed by atoms with Gasteiger partial charge in [0, 0.05) is 11.3 Å². The second-order valence-corrected chi connectivity index (χ2v) is 8.41. The number of carbonyl (C=O) groups excluding carboxylic acids is 1. The monoisotopic (exact) mass is 453 g/mol. The summed E-state index contributed by atoms with van der Waals surface area (Å²) in [5.74, 6) is 0.795. The molecule has 8 nitrogen and oxygen atoms in total. The van der Waals surface area contributed by atoms with Crippen molar-refractivity contribution in [1.82, 2.24) is 5.43 Å². The second kappa shape index (κ2) is 9.97. The minimum absolute atomic E-state index is 0.0446. The van der Waals surface area contributed by atoms with Crippen LogP contribution in [0.15, 0.2) is 82.8 Å². The van der Waals surface area contributed by atoms with Crippen molar-refractivity contribution in [1.29, 1.82) is 0 Å². The summed E-state index contributed by atoms with van der Waals surface area (Å²) >= 11 is 0. The lowest BCUT2D eigenvalue weighted by molar-refractivity contribution is 0.0954. The van der Waals surface area contributed by atoms with Gasteiger partial charge in [0.1, 0.15) is 11.5 Å². The quantitative estimate of drug-likeness (QED) is 0.400. The number of carbonyl (C=O) groups is 1. The average molecular weight is 454 g/mol. The minimum Gasteiger partial charge on any atom is -0.497 e. The first-order valence-corrected chi connectivity index (χ1v) is 11.1. The number of hydrogen-bond acceptors (Lipinski definition) is 6. The van der Waals surface area contributed by atoms with E-state index in [1.807, 2.05) is 12.1 Å². The van der Waals surface area contributed by atoms with E-state index in [-0.39, 0.29) is 10.5 Å².